The minimum Gasteiger partial charge on any atom is -0.303 e. The summed E-state index contributed by atoms with van der Waals surface area (Å²) in [5.41, 5.74) is 3.77. The van der Waals surface area contributed by atoms with Crippen LogP contribution in [0.25, 0.3) is 0 Å². The van der Waals surface area contributed by atoms with Gasteiger partial charge in [0.25, 0.3) is 0 Å². The SMILES string of the molecule is CN1CCCC1CCc1cccc2c1CCCC2=O. The lowest BCUT2D eigenvalue weighted by molar-refractivity contribution is 0.0972. The molecule has 1 aromatic carbocycles. The molecule has 102 valence electrons. The van der Waals surface area contributed by atoms with Gasteiger partial charge >= 0.3 is 0 Å². The van der Waals surface area contributed by atoms with Gasteiger partial charge in [0, 0.05) is 18.0 Å². The van der Waals surface area contributed by atoms with E-state index in [9.17, 15) is 4.79 Å². The normalized spacial score (nSPS) is 23.6. The Morgan fingerprint density at radius 2 is 2.16 bits per heavy atom. The monoisotopic (exact) mass is 257 g/mol. The van der Waals surface area contributed by atoms with Crippen molar-refractivity contribution in [2.24, 2.45) is 0 Å². The smallest absolute Gasteiger partial charge is 0.163 e. The summed E-state index contributed by atoms with van der Waals surface area (Å²) in [5, 5.41) is 0. The zero-order valence-corrected chi connectivity index (χ0v) is 11.8. The van der Waals surface area contributed by atoms with Gasteiger partial charge in [-0.15, -0.1) is 0 Å². The zero-order valence-electron chi connectivity index (χ0n) is 11.8. The van der Waals surface area contributed by atoms with E-state index >= 15 is 0 Å². The van der Waals surface area contributed by atoms with Crippen LogP contribution in [0, 0.1) is 0 Å². The van der Waals surface area contributed by atoms with E-state index in [0.29, 0.717) is 5.78 Å². The molecule has 0 spiro atoms. The van der Waals surface area contributed by atoms with Crippen molar-refractivity contribution >= 4 is 5.78 Å². The molecule has 1 saturated heterocycles. The summed E-state index contributed by atoms with van der Waals surface area (Å²) >= 11 is 0. The number of aryl methyl sites for hydroxylation is 1. The van der Waals surface area contributed by atoms with Crippen LogP contribution in [0.15, 0.2) is 18.2 Å². The van der Waals surface area contributed by atoms with E-state index in [1.54, 1.807) is 0 Å². The second-order valence-corrected chi connectivity index (χ2v) is 6.04. The third-order valence-corrected chi connectivity index (χ3v) is 4.82. The van der Waals surface area contributed by atoms with Gasteiger partial charge in [0.2, 0.25) is 0 Å². The highest BCUT2D eigenvalue weighted by Gasteiger charge is 2.22. The molecule has 1 unspecified atom stereocenters. The number of ketones is 1. The molecule has 0 amide bonds. The maximum absolute atomic E-state index is 11.9. The highest BCUT2D eigenvalue weighted by Crippen LogP contribution is 2.27. The van der Waals surface area contributed by atoms with Crippen LogP contribution in [0.5, 0.6) is 0 Å². The molecule has 1 fully saturated rings. The first-order valence-electron chi connectivity index (χ1n) is 7.60. The molecule has 2 nitrogen and oxygen atoms in total. The fraction of sp³-hybridized carbons (Fsp3) is 0.588. The number of hydrogen-bond acceptors (Lipinski definition) is 2. The lowest BCUT2D eigenvalue weighted by Crippen LogP contribution is -2.25. The van der Waals surface area contributed by atoms with Gasteiger partial charge in [0.15, 0.2) is 5.78 Å². The van der Waals surface area contributed by atoms with Crippen molar-refractivity contribution < 1.29 is 4.79 Å². The Labute approximate surface area is 115 Å². The predicted octanol–water partition coefficient (Wildman–Crippen LogP) is 3.23. The second-order valence-electron chi connectivity index (χ2n) is 6.04. The minimum absolute atomic E-state index is 0.348. The van der Waals surface area contributed by atoms with Crippen molar-refractivity contribution in [3.8, 4) is 0 Å². The van der Waals surface area contributed by atoms with E-state index in [1.165, 1.54) is 36.9 Å². The molecule has 2 heteroatoms. The first-order chi connectivity index (χ1) is 9.25. The number of carbonyl (C=O) groups excluding carboxylic acids is 1. The van der Waals surface area contributed by atoms with E-state index in [4.69, 9.17) is 0 Å². The van der Waals surface area contributed by atoms with Gasteiger partial charge in [0.05, 0.1) is 0 Å². The lowest BCUT2D eigenvalue weighted by atomic mass is 9.85. The van der Waals surface area contributed by atoms with Crippen molar-refractivity contribution in [3.05, 3.63) is 34.9 Å². The first-order valence-corrected chi connectivity index (χ1v) is 7.60. The summed E-state index contributed by atoms with van der Waals surface area (Å²) in [5.74, 6) is 0.348. The van der Waals surface area contributed by atoms with Crippen molar-refractivity contribution in [1.82, 2.24) is 4.90 Å². The van der Waals surface area contributed by atoms with Gasteiger partial charge in [-0.3, -0.25) is 4.79 Å². The minimum atomic E-state index is 0.348. The van der Waals surface area contributed by atoms with Crippen LogP contribution < -0.4 is 0 Å². The van der Waals surface area contributed by atoms with Crippen LogP contribution in [-0.2, 0) is 12.8 Å². The lowest BCUT2D eigenvalue weighted by Gasteiger charge is -2.22. The Morgan fingerprint density at radius 1 is 1.26 bits per heavy atom. The number of carbonyl (C=O) groups is 1. The number of hydrogen-bond donors (Lipinski definition) is 0. The molecule has 1 atom stereocenters. The van der Waals surface area contributed by atoms with Crippen LogP contribution in [0.3, 0.4) is 0 Å². The number of fused-ring (bicyclic) bond motifs is 1. The van der Waals surface area contributed by atoms with E-state index in [0.717, 1.165) is 37.3 Å². The average Bonchev–Trinajstić information content (AvgIpc) is 2.82. The Morgan fingerprint density at radius 3 is 2.95 bits per heavy atom. The Kier molecular flexibility index (Phi) is 3.69. The quantitative estimate of drug-likeness (QED) is 0.828. The maximum Gasteiger partial charge on any atom is 0.163 e. The molecule has 1 heterocycles. The van der Waals surface area contributed by atoms with Gasteiger partial charge in [-0.05, 0) is 63.2 Å². The number of nitrogens with zero attached hydrogens (tertiary/aromatic N) is 1. The standard InChI is InChI=1S/C17H23NO/c1-18-12-4-6-14(18)11-10-13-5-2-8-16-15(13)7-3-9-17(16)19/h2,5,8,14H,3-4,6-7,9-12H2,1H3. The summed E-state index contributed by atoms with van der Waals surface area (Å²) < 4.78 is 0. The maximum atomic E-state index is 11.9. The van der Waals surface area contributed by atoms with Gasteiger partial charge in [-0.2, -0.15) is 0 Å². The zero-order chi connectivity index (χ0) is 13.2. The fourth-order valence-electron chi connectivity index (χ4n) is 3.65. The molecule has 2 aliphatic rings. The molecule has 0 aromatic heterocycles. The largest absolute Gasteiger partial charge is 0.303 e. The molecular formula is C17H23NO. The summed E-state index contributed by atoms with van der Waals surface area (Å²) in [4.78, 5) is 14.4. The number of rotatable bonds is 3. The average molecular weight is 257 g/mol. The van der Waals surface area contributed by atoms with Gasteiger partial charge in [-0.1, -0.05) is 18.2 Å². The van der Waals surface area contributed by atoms with Crippen molar-refractivity contribution in [3.63, 3.8) is 0 Å². The Balaban J connectivity index is 1.74. The molecule has 3 rings (SSSR count). The fourth-order valence-corrected chi connectivity index (χ4v) is 3.65. The molecule has 0 saturated carbocycles. The number of Topliss-reactive ketones (excluding diaryl/α,β-unsaturated/α-hetero) is 1. The molecule has 1 aliphatic heterocycles. The molecule has 1 aliphatic carbocycles. The van der Waals surface area contributed by atoms with Crippen molar-refractivity contribution in [2.75, 3.05) is 13.6 Å². The summed E-state index contributed by atoms with van der Waals surface area (Å²) in [6.07, 6.45) is 7.91. The van der Waals surface area contributed by atoms with Crippen LogP contribution in [0.1, 0.15) is 53.6 Å². The number of likely N-dealkylation sites (tertiary alicyclic amines) is 1. The molecular weight excluding hydrogens is 234 g/mol. The van der Waals surface area contributed by atoms with Gasteiger partial charge < -0.3 is 4.90 Å². The van der Waals surface area contributed by atoms with Gasteiger partial charge in [0.1, 0.15) is 0 Å². The van der Waals surface area contributed by atoms with E-state index in [1.807, 2.05) is 6.07 Å². The third kappa shape index (κ3) is 2.59. The molecule has 0 bridgehead atoms. The van der Waals surface area contributed by atoms with E-state index in [2.05, 4.69) is 24.1 Å². The third-order valence-electron chi connectivity index (χ3n) is 4.82. The second kappa shape index (κ2) is 5.46. The molecule has 0 radical (unpaired) electrons. The predicted molar refractivity (Wildman–Crippen MR) is 77.7 cm³/mol. The van der Waals surface area contributed by atoms with Crippen molar-refractivity contribution in [2.45, 2.75) is 51.0 Å². The summed E-state index contributed by atoms with van der Waals surface area (Å²) in [6.45, 7) is 1.25. The van der Waals surface area contributed by atoms with Crippen LogP contribution in [0.4, 0.5) is 0 Å². The number of benzene rings is 1. The molecule has 19 heavy (non-hydrogen) atoms. The highest BCUT2D eigenvalue weighted by atomic mass is 16.1. The molecule has 0 N–H and O–H groups in total. The first kappa shape index (κ1) is 12.9. The van der Waals surface area contributed by atoms with Crippen LogP contribution >= 0.6 is 0 Å². The molecule has 1 aromatic rings. The van der Waals surface area contributed by atoms with E-state index < -0.39 is 0 Å². The summed E-state index contributed by atoms with van der Waals surface area (Å²) in [6, 6.07) is 7.06. The summed E-state index contributed by atoms with van der Waals surface area (Å²) in [7, 11) is 2.24. The van der Waals surface area contributed by atoms with Crippen LogP contribution in [-0.4, -0.2) is 30.3 Å². The van der Waals surface area contributed by atoms with Crippen molar-refractivity contribution in [1.29, 1.82) is 0 Å². The highest BCUT2D eigenvalue weighted by molar-refractivity contribution is 5.98. The van der Waals surface area contributed by atoms with E-state index in [-0.39, 0.29) is 0 Å². The topological polar surface area (TPSA) is 20.3 Å². The Bertz CT molecular complexity index is 480. The van der Waals surface area contributed by atoms with Gasteiger partial charge in [-0.25, -0.2) is 0 Å². The van der Waals surface area contributed by atoms with Crippen LogP contribution in [0.2, 0.25) is 0 Å². The Hall–Kier alpha value is -1.15.